The molecule has 41 heavy (non-hydrogen) atoms. The standard InChI is InChI=1S/C39H26N2/c1-3-12-27(13-4-1)29-16-9-17-30(24-29)31-18-10-19-32(25-31)41-37-22-8-7-20-33(37)34-26-36(28-14-5-2-6-15-28)40-35-21-11-23-38(41)39(34)35/h1-26H. The minimum absolute atomic E-state index is 0.994. The fraction of sp³-hybridized carbons (Fsp3) is 0. The van der Waals surface area contributed by atoms with Crippen LogP contribution in [0.1, 0.15) is 0 Å². The number of para-hydroxylation sites is 1. The first-order chi connectivity index (χ1) is 20.3. The molecule has 0 saturated heterocycles. The van der Waals surface area contributed by atoms with Crippen molar-refractivity contribution < 1.29 is 0 Å². The highest BCUT2D eigenvalue weighted by Gasteiger charge is 2.27. The Balaban J connectivity index is 1.30. The van der Waals surface area contributed by atoms with E-state index < -0.39 is 0 Å². The fourth-order valence-corrected chi connectivity index (χ4v) is 6.06. The van der Waals surface area contributed by atoms with Gasteiger partial charge < -0.3 is 4.90 Å². The average molecular weight is 523 g/mol. The van der Waals surface area contributed by atoms with E-state index in [-0.39, 0.29) is 0 Å². The molecule has 8 rings (SSSR count). The predicted octanol–water partition coefficient (Wildman–Crippen LogP) is 10.7. The van der Waals surface area contributed by atoms with Gasteiger partial charge in [0.1, 0.15) is 0 Å². The average Bonchev–Trinajstić information content (AvgIpc) is 3.06. The van der Waals surface area contributed by atoms with Crippen LogP contribution >= 0.6 is 0 Å². The smallest absolute Gasteiger partial charge is 0.0736 e. The van der Waals surface area contributed by atoms with Gasteiger partial charge in [-0.05, 0) is 70.3 Å². The second-order valence-electron chi connectivity index (χ2n) is 10.4. The van der Waals surface area contributed by atoms with Crippen LogP contribution in [0.5, 0.6) is 0 Å². The van der Waals surface area contributed by atoms with Crippen LogP contribution in [0.3, 0.4) is 0 Å². The summed E-state index contributed by atoms with van der Waals surface area (Å²) >= 11 is 0. The first-order valence-electron chi connectivity index (χ1n) is 14.0. The van der Waals surface area contributed by atoms with E-state index in [4.69, 9.17) is 4.98 Å². The van der Waals surface area contributed by atoms with E-state index in [9.17, 15) is 0 Å². The molecular weight excluding hydrogens is 496 g/mol. The second kappa shape index (κ2) is 9.62. The molecule has 0 radical (unpaired) electrons. The lowest BCUT2D eigenvalue weighted by Gasteiger charge is -2.33. The molecule has 7 aromatic rings. The summed E-state index contributed by atoms with van der Waals surface area (Å²) in [6.45, 7) is 0. The van der Waals surface area contributed by atoms with Crippen molar-refractivity contribution in [3.05, 3.63) is 158 Å². The van der Waals surface area contributed by atoms with Crippen LogP contribution in [0.2, 0.25) is 0 Å². The zero-order valence-corrected chi connectivity index (χ0v) is 22.4. The molecule has 0 atom stereocenters. The topological polar surface area (TPSA) is 16.1 Å². The number of hydrogen-bond donors (Lipinski definition) is 0. The zero-order chi connectivity index (χ0) is 27.2. The summed E-state index contributed by atoms with van der Waals surface area (Å²) in [4.78, 5) is 7.51. The number of nitrogens with zero attached hydrogens (tertiary/aromatic N) is 2. The van der Waals surface area contributed by atoms with E-state index in [1.54, 1.807) is 0 Å². The molecule has 2 nitrogen and oxygen atoms in total. The highest BCUT2D eigenvalue weighted by atomic mass is 15.2. The van der Waals surface area contributed by atoms with Crippen molar-refractivity contribution in [2.45, 2.75) is 0 Å². The number of hydrogen-bond acceptors (Lipinski definition) is 2. The number of anilines is 3. The van der Waals surface area contributed by atoms with Crippen LogP contribution in [0.25, 0.3) is 55.5 Å². The number of benzene rings is 6. The molecule has 0 saturated carbocycles. The molecule has 1 aliphatic rings. The number of aromatic nitrogens is 1. The SMILES string of the molecule is c1ccc(-c2cccc(-c3cccc(N4c5ccccc5-c5cc(-c6ccccc6)nc6cccc4c56)c3)c2)cc1. The third-order valence-electron chi connectivity index (χ3n) is 7.96. The predicted molar refractivity (Wildman–Crippen MR) is 172 cm³/mol. The van der Waals surface area contributed by atoms with E-state index in [1.165, 1.54) is 44.5 Å². The molecule has 2 heteroatoms. The Hall–Kier alpha value is -5.47. The highest BCUT2D eigenvalue weighted by Crippen LogP contribution is 2.51. The maximum Gasteiger partial charge on any atom is 0.0736 e. The van der Waals surface area contributed by atoms with Crippen LogP contribution in [-0.4, -0.2) is 4.98 Å². The number of pyridine rings is 1. The minimum atomic E-state index is 0.994. The van der Waals surface area contributed by atoms with Gasteiger partial charge in [-0.3, -0.25) is 0 Å². The molecule has 1 aliphatic heterocycles. The summed E-state index contributed by atoms with van der Waals surface area (Å²) in [6.07, 6.45) is 0. The Morgan fingerprint density at radius 1 is 0.390 bits per heavy atom. The molecule has 0 fully saturated rings. The largest absolute Gasteiger partial charge is 0.309 e. The summed E-state index contributed by atoms with van der Waals surface area (Å²) in [5.74, 6) is 0. The van der Waals surface area contributed by atoms with Crippen molar-refractivity contribution in [3.63, 3.8) is 0 Å². The van der Waals surface area contributed by atoms with Crippen LogP contribution in [0.15, 0.2) is 158 Å². The lowest BCUT2D eigenvalue weighted by Crippen LogP contribution is -2.15. The lowest BCUT2D eigenvalue weighted by molar-refractivity contribution is 1.27. The molecule has 2 heterocycles. The van der Waals surface area contributed by atoms with Crippen molar-refractivity contribution in [1.82, 2.24) is 4.98 Å². The summed E-state index contributed by atoms with van der Waals surface area (Å²) in [6, 6.07) is 56.1. The van der Waals surface area contributed by atoms with Gasteiger partial charge in [-0.2, -0.15) is 0 Å². The van der Waals surface area contributed by atoms with E-state index in [0.717, 1.165) is 28.1 Å². The van der Waals surface area contributed by atoms with Crippen molar-refractivity contribution >= 4 is 28.0 Å². The Morgan fingerprint density at radius 2 is 0.976 bits per heavy atom. The Bertz CT molecular complexity index is 2040. The van der Waals surface area contributed by atoms with Gasteiger partial charge in [0.05, 0.1) is 22.6 Å². The first-order valence-corrected chi connectivity index (χ1v) is 14.0. The Labute approximate surface area is 239 Å². The summed E-state index contributed by atoms with van der Waals surface area (Å²) in [5, 5.41) is 1.18. The molecule has 0 N–H and O–H groups in total. The van der Waals surface area contributed by atoms with Gasteiger partial charge in [-0.25, -0.2) is 4.98 Å². The minimum Gasteiger partial charge on any atom is -0.309 e. The van der Waals surface area contributed by atoms with Crippen molar-refractivity contribution in [2.24, 2.45) is 0 Å². The van der Waals surface area contributed by atoms with Gasteiger partial charge in [0, 0.05) is 22.2 Å². The molecular formula is C39H26N2. The first kappa shape index (κ1) is 23.4. The summed E-state index contributed by atoms with van der Waals surface area (Å²) in [7, 11) is 0. The fourth-order valence-electron chi connectivity index (χ4n) is 6.06. The van der Waals surface area contributed by atoms with Gasteiger partial charge in [0.25, 0.3) is 0 Å². The Kier molecular flexibility index (Phi) is 5.49. The second-order valence-corrected chi connectivity index (χ2v) is 10.4. The van der Waals surface area contributed by atoms with Gasteiger partial charge in [-0.1, -0.05) is 115 Å². The molecule has 0 spiro atoms. The third-order valence-corrected chi connectivity index (χ3v) is 7.96. The summed E-state index contributed by atoms with van der Waals surface area (Å²) in [5.41, 5.74) is 13.9. The van der Waals surface area contributed by atoms with Crippen molar-refractivity contribution in [2.75, 3.05) is 4.90 Å². The van der Waals surface area contributed by atoms with Crippen LogP contribution in [-0.2, 0) is 0 Å². The van der Waals surface area contributed by atoms with E-state index >= 15 is 0 Å². The number of rotatable bonds is 4. The molecule has 6 aromatic carbocycles. The summed E-state index contributed by atoms with van der Waals surface area (Å²) < 4.78 is 0. The van der Waals surface area contributed by atoms with Gasteiger partial charge in [0.2, 0.25) is 0 Å². The van der Waals surface area contributed by atoms with E-state index in [1.807, 2.05) is 6.07 Å². The zero-order valence-electron chi connectivity index (χ0n) is 22.4. The van der Waals surface area contributed by atoms with Gasteiger partial charge >= 0.3 is 0 Å². The third kappa shape index (κ3) is 4.00. The lowest BCUT2D eigenvalue weighted by atomic mass is 9.91. The molecule has 0 aliphatic carbocycles. The van der Waals surface area contributed by atoms with Gasteiger partial charge in [-0.15, -0.1) is 0 Å². The van der Waals surface area contributed by atoms with Crippen LogP contribution < -0.4 is 4.90 Å². The maximum absolute atomic E-state index is 5.13. The van der Waals surface area contributed by atoms with E-state index in [2.05, 4.69) is 157 Å². The van der Waals surface area contributed by atoms with Crippen LogP contribution in [0.4, 0.5) is 17.1 Å². The van der Waals surface area contributed by atoms with Crippen LogP contribution in [0, 0.1) is 0 Å². The van der Waals surface area contributed by atoms with E-state index in [0.29, 0.717) is 0 Å². The molecule has 1 aromatic heterocycles. The molecule has 0 bridgehead atoms. The van der Waals surface area contributed by atoms with Crippen molar-refractivity contribution in [3.8, 4) is 44.6 Å². The Morgan fingerprint density at radius 3 is 1.78 bits per heavy atom. The number of fused-ring (bicyclic) bond motifs is 2. The highest BCUT2D eigenvalue weighted by molar-refractivity contribution is 6.13. The van der Waals surface area contributed by atoms with Crippen molar-refractivity contribution in [1.29, 1.82) is 0 Å². The molecule has 0 amide bonds. The quantitative estimate of drug-likeness (QED) is 0.228. The maximum atomic E-state index is 5.13. The monoisotopic (exact) mass is 522 g/mol. The molecule has 0 unspecified atom stereocenters. The molecule has 192 valence electrons. The van der Waals surface area contributed by atoms with Gasteiger partial charge in [0.15, 0.2) is 0 Å². The normalized spacial score (nSPS) is 11.9.